The second-order valence-electron chi connectivity index (χ2n) is 5.71. The first-order valence-corrected chi connectivity index (χ1v) is 9.12. The number of ether oxygens (including phenoxy) is 1. The van der Waals surface area contributed by atoms with E-state index in [1.807, 2.05) is 5.32 Å². The molecular weight excluding hydrogens is 445 g/mol. The number of imide groups is 1. The first-order chi connectivity index (χ1) is 14.6. The van der Waals surface area contributed by atoms with Crippen molar-refractivity contribution in [3.8, 4) is 6.07 Å². The standard InChI is InChI=1S/C17H18ClF3N6O4/c1-2-31-16(30)26-15(29)10(7-22)8-25-27-13(28)4-3-5-23-14-12(18)6-11(9-24-14)17(19,20)21/h6,8-10H,2-5H2,1H3,(H,23,24)(H,27,28)(H,26,29,30)/b25-8+/t10-/m1/s1. The number of halogens is 4. The lowest BCUT2D eigenvalue weighted by Crippen LogP contribution is -2.36. The van der Waals surface area contributed by atoms with Gasteiger partial charge in [0.25, 0.3) is 5.91 Å². The Kier molecular flexibility index (Phi) is 10.2. The number of anilines is 1. The highest BCUT2D eigenvalue weighted by atomic mass is 35.5. The molecule has 14 heteroatoms. The number of nitrogens with one attached hydrogen (secondary N) is 3. The van der Waals surface area contributed by atoms with Crippen molar-refractivity contribution in [1.29, 1.82) is 5.26 Å². The van der Waals surface area contributed by atoms with Crippen molar-refractivity contribution in [3.63, 3.8) is 0 Å². The third-order valence-corrected chi connectivity index (χ3v) is 3.66. The van der Waals surface area contributed by atoms with Gasteiger partial charge in [-0.1, -0.05) is 11.6 Å². The number of carbonyl (C=O) groups is 3. The van der Waals surface area contributed by atoms with Crippen LogP contribution in [0.1, 0.15) is 25.3 Å². The molecule has 1 rings (SSSR count). The quantitative estimate of drug-likeness (QED) is 0.290. The minimum Gasteiger partial charge on any atom is -0.450 e. The second-order valence-corrected chi connectivity index (χ2v) is 6.12. The van der Waals surface area contributed by atoms with Gasteiger partial charge in [-0.15, -0.1) is 0 Å². The lowest BCUT2D eigenvalue weighted by molar-refractivity contribution is -0.137. The zero-order valence-electron chi connectivity index (χ0n) is 16.1. The van der Waals surface area contributed by atoms with E-state index in [4.69, 9.17) is 16.9 Å². The lowest BCUT2D eigenvalue weighted by Gasteiger charge is -2.10. The number of hydrogen-bond acceptors (Lipinski definition) is 8. The van der Waals surface area contributed by atoms with E-state index in [1.165, 1.54) is 6.92 Å². The SMILES string of the molecule is CCOC(=O)NC(=O)[C@H](C#N)/C=N/NC(=O)CCCNc1ncc(C(F)(F)F)cc1Cl. The van der Waals surface area contributed by atoms with Crippen molar-refractivity contribution < 1.29 is 32.3 Å². The number of nitriles is 1. The van der Waals surface area contributed by atoms with Crippen LogP contribution in [0.5, 0.6) is 0 Å². The van der Waals surface area contributed by atoms with Gasteiger partial charge in [0.1, 0.15) is 5.82 Å². The van der Waals surface area contributed by atoms with E-state index >= 15 is 0 Å². The Morgan fingerprint density at radius 2 is 2.13 bits per heavy atom. The van der Waals surface area contributed by atoms with E-state index in [9.17, 15) is 27.6 Å². The number of carbonyl (C=O) groups excluding carboxylic acids is 3. The number of amides is 3. The molecule has 3 N–H and O–H groups in total. The summed E-state index contributed by atoms with van der Waals surface area (Å²) in [5, 5.41) is 16.7. The highest BCUT2D eigenvalue weighted by Crippen LogP contribution is 2.32. The van der Waals surface area contributed by atoms with E-state index in [2.05, 4.69) is 25.6 Å². The summed E-state index contributed by atoms with van der Waals surface area (Å²) in [6, 6.07) is 2.33. The summed E-state index contributed by atoms with van der Waals surface area (Å²) < 4.78 is 42.2. The maximum absolute atomic E-state index is 12.6. The van der Waals surface area contributed by atoms with Crippen molar-refractivity contribution in [3.05, 3.63) is 22.8 Å². The van der Waals surface area contributed by atoms with Gasteiger partial charge in [0.2, 0.25) is 5.91 Å². The van der Waals surface area contributed by atoms with Gasteiger partial charge < -0.3 is 10.1 Å². The molecule has 0 radical (unpaired) electrons. The van der Waals surface area contributed by atoms with Gasteiger partial charge in [-0.3, -0.25) is 14.9 Å². The number of nitrogens with zero attached hydrogens (tertiary/aromatic N) is 3. The fourth-order valence-electron chi connectivity index (χ4n) is 1.92. The molecule has 0 unspecified atom stereocenters. The summed E-state index contributed by atoms with van der Waals surface area (Å²) in [5.41, 5.74) is 1.12. The summed E-state index contributed by atoms with van der Waals surface area (Å²) in [6.07, 6.45) is -3.87. The minimum atomic E-state index is -4.56. The average Bonchev–Trinajstić information content (AvgIpc) is 2.68. The molecule has 0 aliphatic rings. The molecule has 168 valence electrons. The van der Waals surface area contributed by atoms with E-state index < -0.39 is 35.6 Å². The Hall–Kier alpha value is -3.40. The van der Waals surface area contributed by atoms with Crippen LogP contribution in [0.4, 0.5) is 23.8 Å². The van der Waals surface area contributed by atoms with Crippen LogP contribution in [-0.4, -0.2) is 42.3 Å². The fraction of sp³-hybridized carbons (Fsp3) is 0.412. The van der Waals surface area contributed by atoms with E-state index in [1.54, 1.807) is 6.07 Å². The van der Waals surface area contributed by atoms with Gasteiger partial charge in [-0.2, -0.15) is 23.5 Å². The molecule has 1 atom stereocenters. The number of aromatic nitrogens is 1. The van der Waals surface area contributed by atoms with Crippen LogP contribution >= 0.6 is 11.6 Å². The van der Waals surface area contributed by atoms with Crippen LogP contribution in [0.25, 0.3) is 0 Å². The van der Waals surface area contributed by atoms with Crippen molar-refractivity contribution >= 4 is 41.5 Å². The Labute approximate surface area is 179 Å². The van der Waals surface area contributed by atoms with Crippen LogP contribution in [-0.2, 0) is 20.5 Å². The first-order valence-electron chi connectivity index (χ1n) is 8.74. The van der Waals surface area contributed by atoms with Gasteiger partial charge in [-0.05, 0) is 19.4 Å². The van der Waals surface area contributed by atoms with Crippen LogP contribution in [0, 0.1) is 17.2 Å². The highest BCUT2D eigenvalue weighted by Gasteiger charge is 2.31. The van der Waals surface area contributed by atoms with E-state index in [-0.39, 0.29) is 36.8 Å². The Morgan fingerprint density at radius 3 is 2.71 bits per heavy atom. The fourth-order valence-corrected chi connectivity index (χ4v) is 2.16. The molecule has 0 aliphatic carbocycles. The van der Waals surface area contributed by atoms with Gasteiger partial charge in [0.15, 0.2) is 5.92 Å². The molecule has 31 heavy (non-hydrogen) atoms. The minimum absolute atomic E-state index is 0.0329. The van der Waals surface area contributed by atoms with Crippen molar-refractivity contribution in [1.82, 2.24) is 15.7 Å². The summed E-state index contributed by atoms with van der Waals surface area (Å²) in [7, 11) is 0. The molecule has 0 spiro atoms. The molecule has 0 fully saturated rings. The number of hydrogen-bond donors (Lipinski definition) is 3. The van der Waals surface area contributed by atoms with Gasteiger partial charge in [0, 0.05) is 19.2 Å². The maximum Gasteiger partial charge on any atom is 0.417 e. The van der Waals surface area contributed by atoms with Gasteiger partial charge in [-0.25, -0.2) is 15.2 Å². The molecule has 0 aromatic carbocycles. The predicted molar refractivity (Wildman–Crippen MR) is 103 cm³/mol. The molecule has 0 aliphatic heterocycles. The normalized spacial score (nSPS) is 12.0. The Balaban J connectivity index is 2.40. The number of hydrazone groups is 1. The van der Waals surface area contributed by atoms with Crippen LogP contribution < -0.4 is 16.1 Å². The molecule has 0 saturated carbocycles. The number of alkyl carbamates (subject to hydrolysis) is 1. The van der Waals surface area contributed by atoms with Gasteiger partial charge >= 0.3 is 12.3 Å². The summed E-state index contributed by atoms with van der Waals surface area (Å²) in [5.74, 6) is -2.91. The van der Waals surface area contributed by atoms with Crippen LogP contribution in [0.15, 0.2) is 17.4 Å². The van der Waals surface area contributed by atoms with E-state index in [0.717, 1.165) is 12.3 Å². The number of alkyl halides is 3. The number of rotatable bonds is 9. The smallest absolute Gasteiger partial charge is 0.417 e. The molecule has 3 amide bonds. The molecular formula is C17H18ClF3N6O4. The largest absolute Gasteiger partial charge is 0.450 e. The third-order valence-electron chi connectivity index (χ3n) is 3.38. The monoisotopic (exact) mass is 462 g/mol. The Bertz CT molecular complexity index is 872. The van der Waals surface area contributed by atoms with Gasteiger partial charge in [0.05, 0.1) is 29.5 Å². The third kappa shape index (κ3) is 9.30. The topological polar surface area (TPSA) is 146 Å². The van der Waals surface area contributed by atoms with Crippen molar-refractivity contribution in [2.75, 3.05) is 18.5 Å². The van der Waals surface area contributed by atoms with Crippen LogP contribution in [0.2, 0.25) is 5.02 Å². The van der Waals surface area contributed by atoms with Crippen molar-refractivity contribution in [2.24, 2.45) is 11.0 Å². The molecule has 10 nitrogen and oxygen atoms in total. The Morgan fingerprint density at radius 1 is 1.42 bits per heavy atom. The van der Waals surface area contributed by atoms with Crippen LogP contribution in [0.3, 0.4) is 0 Å². The average molecular weight is 463 g/mol. The van der Waals surface area contributed by atoms with E-state index in [0.29, 0.717) is 6.20 Å². The second kappa shape index (κ2) is 12.3. The molecule has 0 saturated heterocycles. The lowest BCUT2D eigenvalue weighted by atomic mass is 10.2. The first kappa shape index (κ1) is 25.6. The number of pyridine rings is 1. The highest BCUT2D eigenvalue weighted by molar-refractivity contribution is 6.32. The summed E-state index contributed by atoms with van der Waals surface area (Å²) in [4.78, 5) is 38.1. The summed E-state index contributed by atoms with van der Waals surface area (Å²) in [6.45, 7) is 1.75. The maximum atomic E-state index is 12.6. The molecule has 1 heterocycles. The molecule has 0 bridgehead atoms. The van der Waals surface area contributed by atoms with Crippen molar-refractivity contribution in [2.45, 2.75) is 25.9 Å². The molecule has 1 aromatic heterocycles. The molecule has 1 aromatic rings. The predicted octanol–water partition coefficient (Wildman–Crippen LogP) is 2.46. The summed E-state index contributed by atoms with van der Waals surface area (Å²) >= 11 is 5.75. The zero-order chi connectivity index (χ0) is 23.4. The zero-order valence-corrected chi connectivity index (χ0v) is 16.9.